The minimum absolute atomic E-state index is 0.181. The zero-order valence-corrected chi connectivity index (χ0v) is 15.4. The van der Waals surface area contributed by atoms with Crippen molar-refractivity contribution in [2.75, 3.05) is 12.5 Å². The fourth-order valence-electron chi connectivity index (χ4n) is 2.59. The van der Waals surface area contributed by atoms with Crippen LogP contribution in [0.1, 0.15) is 16.7 Å². The second kappa shape index (κ2) is 7.79. The molecule has 1 aromatic heterocycles. The molecule has 0 saturated heterocycles. The molecule has 3 aromatic rings. The van der Waals surface area contributed by atoms with Crippen LogP contribution < -0.4 is 10.2 Å². The summed E-state index contributed by atoms with van der Waals surface area (Å²) in [4.78, 5) is 4.41. The molecule has 0 radical (unpaired) electrons. The molecule has 3 rings (SSSR count). The summed E-state index contributed by atoms with van der Waals surface area (Å²) in [6.45, 7) is 1.56. The van der Waals surface area contributed by atoms with E-state index < -0.39 is 11.7 Å². The molecule has 0 amide bonds. The molecule has 8 heteroatoms. The fourth-order valence-corrected chi connectivity index (χ4v) is 3.26. The van der Waals surface area contributed by atoms with E-state index in [2.05, 4.69) is 15.5 Å². The third-order valence-corrected chi connectivity index (χ3v) is 4.50. The van der Waals surface area contributed by atoms with Crippen LogP contribution in [0.25, 0.3) is 11.3 Å². The minimum Gasteiger partial charge on any atom is -0.496 e. The summed E-state index contributed by atoms with van der Waals surface area (Å²) < 4.78 is 44.5. The maximum Gasteiger partial charge on any atom is 0.419 e. The van der Waals surface area contributed by atoms with Crippen LogP contribution >= 0.6 is 11.3 Å². The number of thiazole rings is 1. The molecule has 1 N–H and O–H groups in total. The Morgan fingerprint density at radius 2 is 1.93 bits per heavy atom. The number of hydrogen-bond donors (Lipinski definition) is 1. The predicted octanol–water partition coefficient (Wildman–Crippen LogP) is 5.59. The topological polar surface area (TPSA) is 46.5 Å². The first-order chi connectivity index (χ1) is 12.9. The van der Waals surface area contributed by atoms with Gasteiger partial charge in [-0.25, -0.2) is 4.98 Å². The Balaban J connectivity index is 1.77. The van der Waals surface area contributed by atoms with Crippen LogP contribution in [0.3, 0.4) is 0 Å². The molecule has 0 aliphatic carbocycles. The van der Waals surface area contributed by atoms with E-state index in [1.165, 1.54) is 24.7 Å². The SMILES string of the molecule is COc1c(C)cc(C=NNc2nc(-c3ccccc3)cs2)cc1C(F)(F)F. The normalized spacial score (nSPS) is 11.7. The Morgan fingerprint density at radius 1 is 1.19 bits per heavy atom. The van der Waals surface area contributed by atoms with Crippen molar-refractivity contribution in [3.05, 3.63) is 64.5 Å². The molecular formula is C19H16F3N3OS. The first kappa shape index (κ1) is 18.9. The van der Waals surface area contributed by atoms with Gasteiger partial charge in [-0.1, -0.05) is 30.3 Å². The molecule has 4 nitrogen and oxygen atoms in total. The molecule has 1 heterocycles. The highest BCUT2D eigenvalue weighted by Gasteiger charge is 2.35. The number of benzene rings is 2. The molecule has 0 unspecified atom stereocenters. The molecule has 0 aliphatic heterocycles. The number of aryl methyl sites for hydroxylation is 1. The second-order valence-corrected chi connectivity index (χ2v) is 6.55. The van der Waals surface area contributed by atoms with Gasteiger partial charge in [-0.2, -0.15) is 18.3 Å². The molecule has 0 aliphatic rings. The van der Waals surface area contributed by atoms with Crippen LogP contribution in [0, 0.1) is 6.92 Å². The number of aromatic nitrogens is 1. The maximum absolute atomic E-state index is 13.2. The first-order valence-electron chi connectivity index (χ1n) is 7.94. The van der Waals surface area contributed by atoms with Crippen LogP contribution in [0.5, 0.6) is 5.75 Å². The van der Waals surface area contributed by atoms with Crippen molar-refractivity contribution in [1.29, 1.82) is 0 Å². The summed E-state index contributed by atoms with van der Waals surface area (Å²) in [6.07, 6.45) is -3.18. The van der Waals surface area contributed by atoms with E-state index in [4.69, 9.17) is 4.74 Å². The van der Waals surface area contributed by atoms with Crippen LogP contribution in [-0.4, -0.2) is 18.3 Å². The van der Waals surface area contributed by atoms with Gasteiger partial charge < -0.3 is 4.74 Å². The Bertz CT molecular complexity index is 953. The van der Waals surface area contributed by atoms with Gasteiger partial charge in [0.1, 0.15) is 5.75 Å². The smallest absolute Gasteiger partial charge is 0.419 e. The third-order valence-electron chi connectivity index (χ3n) is 3.75. The van der Waals surface area contributed by atoms with Crippen LogP contribution in [0.2, 0.25) is 0 Å². The number of anilines is 1. The highest BCUT2D eigenvalue weighted by Crippen LogP contribution is 2.38. The van der Waals surface area contributed by atoms with Crippen LogP contribution in [0.4, 0.5) is 18.3 Å². The summed E-state index contributed by atoms with van der Waals surface area (Å²) in [6, 6.07) is 12.2. The lowest BCUT2D eigenvalue weighted by atomic mass is 10.0. The summed E-state index contributed by atoms with van der Waals surface area (Å²) in [5.74, 6) is -0.181. The van der Waals surface area contributed by atoms with E-state index in [0.29, 0.717) is 16.3 Å². The molecule has 0 bridgehead atoms. The largest absolute Gasteiger partial charge is 0.496 e. The van der Waals surface area contributed by atoms with E-state index in [-0.39, 0.29) is 5.75 Å². The zero-order chi connectivity index (χ0) is 19.4. The molecule has 27 heavy (non-hydrogen) atoms. The number of rotatable bonds is 5. The van der Waals surface area contributed by atoms with Crippen molar-refractivity contribution in [3.8, 4) is 17.0 Å². The highest BCUT2D eigenvalue weighted by atomic mass is 32.1. The quantitative estimate of drug-likeness (QED) is 0.455. The Hall–Kier alpha value is -2.87. The average molecular weight is 391 g/mol. The van der Waals surface area contributed by atoms with Gasteiger partial charge in [0.25, 0.3) is 0 Å². The fraction of sp³-hybridized carbons (Fsp3) is 0.158. The Labute approximate surface area is 158 Å². The van der Waals surface area contributed by atoms with Gasteiger partial charge in [0.15, 0.2) is 0 Å². The van der Waals surface area contributed by atoms with E-state index >= 15 is 0 Å². The maximum atomic E-state index is 13.2. The molecule has 2 aromatic carbocycles. The summed E-state index contributed by atoms with van der Waals surface area (Å²) in [5, 5.41) is 6.43. The van der Waals surface area contributed by atoms with Crippen molar-refractivity contribution >= 4 is 22.7 Å². The number of halogens is 3. The number of hydrogen-bond acceptors (Lipinski definition) is 5. The van der Waals surface area contributed by atoms with Crippen LogP contribution in [0.15, 0.2) is 52.9 Å². The molecule has 0 saturated carbocycles. The van der Waals surface area contributed by atoms with E-state index in [9.17, 15) is 13.2 Å². The van der Waals surface area contributed by atoms with Gasteiger partial charge in [-0.05, 0) is 30.2 Å². The Kier molecular flexibility index (Phi) is 5.46. The van der Waals surface area contributed by atoms with Crippen molar-refractivity contribution < 1.29 is 17.9 Å². The molecule has 140 valence electrons. The number of ether oxygens (including phenoxy) is 1. The van der Waals surface area contributed by atoms with Gasteiger partial charge in [0.2, 0.25) is 5.13 Å². The van der Waals surface area contributed by atoms with Gasteiger partial charge in [-0.15, -0.1) is 11.3 Å². The molecule has 0 fully saturated rings. The third kappa shape index (κ3) is 4.46. The van der Waals surface area contributed by atoms with Crippen molar-refractivity contribution in [1.82, 2.24) is 4.98 Å². The lowest BCUT2D eigenvalue weighted by Gasteiger charge is -2.15. The zero-order valence-electron chi connectivity index (χ0n) is 14.5. The lowest BCUT2D eigenvalue weighted by Crippen LogP contribution is -2.09. The summed E-state index contributed by atoms with van der Waals surface area (Å²) >= 11 is 1.36. The number of nitrogens with zero attached hydrogens (tertiary/aromatic N) is 2. The predicted molar refractivity (Wildman–Crippen MR) is 101 cm³/mol. The van der Waals surface area contributed by atoms with Crippen molar-refractivity contribution in [3.63, 3.8) is 0 Å². The number of hydrazone groups is 1. The monoisotopic (exact) mass is 391 g/mol. The van der Waals surface area contributed by atoms with E-state index in [1.807, 2.05) is 35.7 Å². The first-order valence-corrected chi connectivity index (χ1v) is 8.82. The van der Waals surface area contributed by atoms with E-state index in [0.717, 1.165) is 17.3 Å². The van der Waals surface area contributed by atoms with Gasteiger partial charge >= 0.3 is 6.18 Å². The molecular weight excluding hydrogens is 375 g/mol. The highest BCUT2D eigenvalue weighted by molar-refractivity contribution is 7.14. The minimum atomic E-state index is -4.51. The lowest BCUT2D eigenvalue weighted by molar-refractivity contribution is -0.138. The van der Waals surface area contributed by atoms with Crippen LogP contribution in [-0.2, 0) is 6.18 Å². The Morgan fingerprint density at radius 3 is 2.59 bits per heavy atom. The molecule has 0 spiro atoms. The number of alkyl halides is 3. The van der Waals surface area contributed by atoms with Gasteiger partial charge in [0.05, 0.1) is 24.6 Å². The van der Waals surface area contributed by atoms with Gasteiger partial charge in [0, 0.05) is 10.9 Å². The number of nitrogens with one attached hydrogen (secondary N) is 1. The average Bonchev–Trinajstić information content (AvgIpc) is 3.10. The van der Waals surface area contributed by atoms with Crippen molar-refractivity contribution in [2.45, 2.75) is 13.1 Å². The van der Waals surface area contributed by atoms with E-state index in [1.54, 1.807) is 13.0 Å². The van der Waals surface area contributed by atoms with Crippen molar-refractivity contribution in [2.24, 2.45) is 5.10 Å². The van der Waals surface area contributed by atoms with Gasteiger partial charge in [-0.3, -0.25) is 5.43 Å². The molecule has 0 atom stereocenters. The summed E-state index contributed by atoms with van der Waals surface area (Å²) in [7, 11) is 1.22. The standard InChI is InChI=1S/C19H16F3N3OS/c1-12-8-13(9-15(17(12)26-2)19(20,21)22)10-23-25-18-24-16(11-27-18)14-6-4-3-5-7-14/h3-11H,1-2H3,(H,24,25). The second-order valence-electron chi connectivity index (χ2n) is 5.69. The number of methoxy groups -OCH3 is 1. The summed E-state index contributed by atoms with van der Waals surface area (Å²) in [5.41, 5.74) is 4.41.